The highest BCUT2D eigenvalue weighted by Gasteiger charge is 2.16. The first kappa shape index (κ1) is 21.7. The van der Waals surface area contributed by atoms with Crippen LogP contribution in [0.25, 0.3) is 0 Å². The van der Waals surface area contributed by atoms with Gasteiger partial charge >= 0.3 is 0 Å². The molecule has 0 saturated carbocycles. The molecule has 1 amide bonds. The highest BCUT2D eigenvalue weighted by molar-refractivity contribution is 7.92. The van der Waals surface area contributed by atoms with E-state index < -0.39 is 10.0 Å². The first-order valence-electron chi connectivity index (χ1n) is 9.09. The number of halogens is 1. The van der Waals surface area contributed by atoms with E-state index in [1.807, 2.05) is 31.2 Å². The van der Waals surface area contributed by atoms with E-state index >= 15 is 0 Å². The summed E-state index contributed by atoms with van der Waals surface area (Å²) in [5.41, 5.74) is 2.29. The van der Waals surface area contributed by atoms with Crippen molar-refractivity contribution in [2.24, 2.45) is 0 Å². The van der Waals surface area contributed by atoms with Crippen molar-refractivity contribution in [3.63, 3.8) is 0 Å². The fourth-order valence-corrected chi connectivity index (χ4v) is 4.13. The lowest BCUT2D eigenvalue weighted by Gasteiger charge is -2.12. The minimum Gasteiger partial charge on any atom is -0.496 e. The van der Waals surface area contributed by atoms with Gasteiger partial charge in [0.05, 0.1) is 28.3 Å². The number of hydrogen-bond acceptors (Lipinski definition) is 4. The number of anilines is 1. The molecule has 8 heteroatoms. The van der Waals surface area contributed by atoms with Crippen LogP contribution in [0.3, 0.4) is 0 Å². The zero-order valence-corrected chi connectivity index (χ0v) is 18.0. The van der Waals surface area contributed by atoms with Crippen molar-refractivity contribution in [2.75, 3.05) is 11.8 Å². The summed E-state index contributed by atoms with van der Waals surface area (Å²) in [4.78, 5) is 12.7. The molecule has 0 saturated heterocycles. The number of methoxy groups -OCH3 is 1. The van der Waals surface area contributed by atoms with Gasteiger partial charge < -0.3 is 10.1 Å². The number of carbonyl (C=O) groups is 1. The Bertz CT molecular complexity index is 1160. The fourth-order valence-electron chi connectivity index (χ4n) is 2.81. The minimum atomic E-state index is -3.76. The second kappa shape index (κ2) is 9.19. The first-order valence-corrected chi connectivity index (χ1v) is 11.0. The maximum absolute atomic E-state index is 12.5. The molecule has 0 bridgehead atoms. The van der Waals surface area contributed by atoms with E-state index in [1.165, 1.54) is 30.3 Å². The normalized spacial score (nSPS) is 11.0. The lowest BCUT2D eigenvalue weighted by Crippen LogP contribution is -2.23. The Morgan fingerprint density at radius 1 is 1.03 bits per heavy atom. The number of ether oxygens (including phenoxy) is 1. The van der Waals surface area contributed by atoms with E-state index in [-0.39, 0.29) is 33.6 Å². The summed E-state index contributed by atoms with van der Waals surface area (Å²) < 4.78 is 32.8. The summed E-state index contributed by atoms with van der Waals surface area (Å²) >= 11 is 6.24. The molecule has 0 aromatic heterocycles. The van der Waals surface area contributed by atoms with Crippen LogP contribution in [0.5, 0.6) is 5.75 Å². The Labute approximate surface area is 180 Å². The Hall–Kier alpha value is -3.03. The molecule has 0 radical (unpaired) electrons. The molecule has 3 aromatic carbocycles. The summed E-state index contributed by atoms with van der Waals surface area (Å²) in [5.74, 6) is 0.295. The van der Waals surface area contributed by atoms with E-state index in [0.29, 0.717) is 5.75 Å². The van der Waals surface area contributed by atoms with Gasteiger partial charge in [-0.3, -0.25) is 9.52 Å². The summed E-state index contributed by atoms with van der Waals surface area (Å²) in [7, 11) is -2.19. The van der Waals surface area contributed by atoms with Gasteiger partial charge in [0.2, 0.25) is 0 Å². The number of sulfonamides is 1. The van der Waals surface area contributed by atoms with E-state index in [1.54, 1.807) is 19.2 Å². The van der Waals surface area contributed by atoms with Crippen molar-refractivity contribution in [3.8, 4) is 5.75 Å². The molecule has 30 heavy (non-hydrogen) atoms. The van der Waals surface area contributed by atoms with Crippen LogP contribution >= 0.6 is 11.6 Å². The zero-order valence-electron chi connectivity index (χ0n) is 16.5. The number of amides is 1. The highest BCUT2D eigenvalue weighted by atomic mass is 35.5. The van der Waals surface area contributed by atoms with Crippen molar-refractivity contribution < 1.29 is 17.9 Å². The Morgan fingerprint density at radius 3 is 2.40 bits per heavy atom. The van der Waals surface area contributed by atoms with Crippen LogP contribution in [0.4, 0.5) is 5.69 Å². The standard InChI is InChI=1S/C22H21ClN2O4S/c1-15-7-10-18(11-8-15)30(27,28)25-17-9-12-19(20(23)13-17)22(26)24-14-16-5-3-4-6-21(16)29-2/h3-13,25H,14H2,1-2H3,(H,24,26). The molecule has 156 valence electrons. The van der Waals surface area contributed by atoms with Gasteiger partial charge in [-0.05, 0) is 43.3 Å². The van der Waals surface area contributed by atoms with Crippen molar-refractivity contribution >= 4 is 33.2 Å². The van der Waals surface area contributed by atoms with Crippen LogP contribution in [-0.4, -0.2) is 21.4 Å². The molecule has 0 heterocycles. The predicted molar refractivity (Wildman–Crippen MR) is 118 cm³/mol. The number of carbonyl (C=O) groups excluding carboxylic acids is 1. The van der Waals surface area contributed by atoms with Crippen molar-refractivity contribution in [1.29, 1.82) is 0 Å². The van der Waals surface area contributed by atoms with Crippen LogP contribution in [0.2, 0.25) is 5.02 Å². The van der Waals surface area contributed by atoms with Gasteiger partial charge in [0.25, 0.3) is 15.9 Å². The molecule has 3 aromatic rings. The molecular weight excluding hydrogens is 424 g/mol. The fraction of sp³-hybridized carbons (Fsp3) is 0.136. The van der Waals surface area contributed by atoms with Crippen molar-refractivity contribution in [3.05, 3.63) is 88.4 Å². The monoisotopic (exact) mass is 444 g/mol. The van der Waals surface area contributed by atoms with Gasteiger partial charge in [0.15, 0.2) is 0 Å². The summed E-state index contributed by atoms with van der Waals surface area (Å²) in [6.07, 6.45) is 0. The van der Waals surface area contributed by atoms with E-state index in [9.17, 15) is 13.2 Å². The zero-order chi connectivity index (χ0) is 21.7. The second-order valence-corrected chi connectivity index (χ2v) is 8.70. The van der Waals surface area contributed by atoms with Gasteiger partial charge in [0.1, 0.15) is 5.75 Å². The SMILES string of the molecule is COc1ccccc1CNC(=O)c1ccc(NS(=O)(=O)c2ccc(C)cc2)cc1Cl. The largest absolute Gasteiger partial charge is 0.496 e. The summed E-state index contributed by atoms with van der Waals surface area (Å²) in [6.45, 7) is 2.14. The maximum Gasteiger partial charge on any atom is 0.261 e. The highest BCUT2D eigenvalue weighted by Crippen LogP contribution is 2.24. The average molecular weight is 445 g/mol. The summed E-state index contributed by atoms with van der Waals surface area (Å²) in [5, 5.41) is 2.92. The number of para-hydroxylation sites is 1. The van der Waals surface area contributed by atoms with Crippen molar-refractivity contribution in [2.45, 2.75) is 18.4 Å². The molecule has 6 nitrogen and oxygen atoms in total. The molecule has 3 rings (SSSR count). The maximum atomic E-state index is 12.5. The second-order valence-electron chi connectivity index (χ2n) is 6.61. The molecule has 0 fully saturated rings. The molecule has 0 unspecified atom stereocenters. The van der Waals surface area contributed by atoms with Gasteiger partial charge in [-0.1, -0.05) is 47.5 Å². The van der Waals surface area contributed by atoms with Gasteiger partial charge in [0, 0.05) is 12.1 Å². The number of rotatable bonds is 7. The number of benzene rings is 3. The van der Waals surface area contributed by atoms with E-state index in [0.717, 1.165) is 11.1 Å². The number of aryl methyl sites for hydroxylation is 1. The summed E-state index contributed by atoms with van der Waals surface area (Å²) in [6, 6.07) is 18.2. The lowest BCUT2D eigenvalue weighted by atomic mass is 10.1. The third-order valence-corrected chi connectivity index (χ3v) is 6.14. The molecule has 0 aliphatic rings. The van der Waals surface area contributed by atoms with Crippen LogP contribution in [0.15, 0.2) is 71.6 Å². The quantitative estimate of drug-likeness (QED) is 0.566. The number of hydrogen-bond donors (Lipinski definition) is 2. The molecule has 0 spiro atoms. The topological polar surface area (TPSA) is 84.5 Å². The molecule has 0 aliphatic carbocycles. The smallest absolute Gasteiger partial charge is 0.261 e. The van der Waals surface area contributed by atoms with Gasteiger partial charge in [-0.2, -0.15) is 0 Å². The first-order chi connectivity index (χ1) is 14.3. The Kier molecular flexibility index (Phi) is 6.64. The Morgan fingerprint density at radius 2 is 1.73 bits per heavy atom. The average Bonchev–Trinajstić information content (AvgIpc) is 2.72. The van der Waals surface area contributed by atoms with Gasteiger partial charge in [-0.15, -0.1) is 0 Å². The van der Waals surface area contributed by atoms with Crippen molar-refractivity contribution in [1.82, 2.24) is 5.32 Å². The lowest BCUT2D eigenvalue weighted by molar-refractivity contribution is 0.0951. The van der Waals surface area contributed by atoms with Gasteiger partial charge in [-0.25, -0.2) is 8.42 Å². The predicted octanol–water partition coefficient (Wildman–Crippen LogP) is 4.39. The van der Waals surface area contributed by atoms with E-state index in [4.69, 9.17) is 16.3 Å². The molecule has 2 N–H and O–H groups in total. The Balaban J connectivity index is 1.71. The van der Waals surface area contributed by atoms with Crippen LogP contribution in [0.1, 0.15) is 21.5 Å². The third-order valence-electron chi connectivity index (χ3n) is 4.43. The molecule has 0 atom stereocenters. The molecular formula is C22H21ClN2O4S. The molecule has 0 aliphatic heterocycles. The minimum absolute atomic E-state index is 0.136. The van der Waals surface area contributed by atoms with Crippen LogP contribution in [0, 0.1) is 6.92 Å². The van der Waals surface area contributed by atoms with Crippen LogP contribution < -0.4 is 14.8 Å². The third kappa shape index (κ3) is 5.11. The van der Waals surface area contributed by atoms with E-state index in [2.05, 4.69) is 10.0 Å². The number of nitrogens with one attached hydrogen (secondary N) is 2. The van der Waals surface area contributed by atoms with Crippen LogP contribution in [-0.2, 0) is 16.6 Å².